The number of nitriles is 1. The summed E-state index contributed by atoms with van der Waals surface area (Å²) in [5, 5.41) is 17.1. The maximum atomic E-state index is 13.8. The van der Waals surface area contributed by atoms with Gasteiger partial charge in [-0.05, 0) is 69.9 Å². The Hall–Kier alpha value is -3.05. The average Bonchev–Trinajstić information content (AvgIpc) is 3.48. The van der Waals surface area contributed by atoms with Crippen LogP contribution in [0.4, 0.5) is 0 Å². The van der Waals surface area contributed by atoms with E-state index in [0.717, 1.165) is 37.5 Å². The number of rotatable bonds is 5. The normalized spacial score (nSPS) is 25.1. The molecule has 2 aromatic rings. The lowest BCUT2D eigenvalue weighted by molar-refractivity contribution is -0.130. The molecule has 0 bridgehead atoms. The molecule has 202 valence electrons. The standard InChI is InChI=1S/C29H36ClN5O3/c1-28(2)12-9-19(25(36)34-28)13-20(16-31)32-26(37)23-15-29(10-4-3-5-11-29)17-35(23)27(38)22-14-18-7-6-8-21(30)24(18)33-22/h6-8,14,19-20,23,33H,3-5,9-13,15,17H2,1-2H3,(H,32,37)(H,34,36)/t19-,20-,23-/m0/s1. The minimum absolute atomic E-state index is 0.0768. The molecular formula is C29H36ClN5O3. The van der Waals surface area contributed by atoms with Crippen LogP contribution in [0.15, 0.2) is 24.3 Å². The Bertz CT molecular complexity index is 1290. The molecule has 2 saturated heterocycles. The Kier molecular flexibility index (Phi) is 7.17. The number of piperidine rings is 1. The van der Waals surface area contributed by atoms with Crippen molar-refractivity contribution in [1.29, 1.82) is 5.26 Å². The third-order valence-corrected chi connectivity index (χ3v) is 9.08. The molecule has 0 unspecified atom stereocenters. The lowest BCUT2D eigenvalue weighted by Crippen LogP contribution is -2.53. The van der Waals surface area contributed by atoms with Gasteiger partial charge in [-0.1, -0.05) is 43.0 Å². The van der Waals surface area contributed by atoms with Gasteiger partial charge >= 0.3 is 0 Å². The number of para-hydroxylation sites is 1. The van der Waals surface area contributed by atoms with Gasteiger partial charge < -0.3 is 20.5 Å². The zero-order chi connectivity index (χ0) is 27.1. The van der Waals surface area contributed by atoms with Crippen LogP contribution in [0.3, 0.4) is 0 Å². The molecule has 1 aromatic heterocycles. The van der Waals surface area contributed by atoms with Crippen molar-refractivity contribution < 1.29 is 14.4 Å². The summed E-state index contributed by atoms with van der Waals surface area (Å²) in [7, 11) is 0. The van der Waals surface area contributed by atoms with Crippen molar-refractivity contribution in [2.45, 2.75) is 89.3 Å². The van der Waals surface area contributed by atoms with Crippen LogP contribution in [0.5, 0.6) is 0 Å². The van der Waals surface area contributed by atoms with E-state index in [1.165, 1.54) is 6.42 Å². The summed E-state index contributed by atoms with van der Waals surface area (Å²) >= 11 is 6.33. The SMILES string of the molecule is CC1(C)CC[C@@H](C[C@@H](C#N)NC(=O)[C@@H]2CC3(CCCCC3)CN2C(=O)c2cc3cccc(Cl)c3[nH]2)C(=O)N1. The molecule has 8 nitrogen and oxygen atoms in total. The fraction of sp³-hybridized carbons (Fsp3) is 0.586. The third-order valence-electron chi connectivity index (χ3n) is 8.76. The van der Waals surface area contributed by atoms with Gasteiger partial charge in [-0.2, -0.15) is 5.26 Å². The number of benzene rings is 1. The van der Waals surface area contributed by atoms with E-state index in [-0.39, 0.29) is 41.0 Å². The topological polar surface area (TPSA) is 118 Å². The molecule has 2 aliphatic heterocycles. The fourth-order valence-corrected chi connectivity index (χ4v) is 6.87. The van der Waals surface area contributed by atoms with Gasteiger partial charge in [0.25, 0.3) is 5.91 Å². The van der Waals surface area contributed by atoms with Gasteiger partial charge in [0.05, 0.1) is 16.6 Å². The maximum absolute atomic E-state index is 13.8. The first kappa shape index (κ1) is 26.6. The molecule has 3 N–H and O–H groups in total. The second-order valence-corrected chi connectivity index (χ2v) is 12.5. The number of carbonyl (C=O) groups excluding carboxylic acids is 3. The molecule has 38 heavy (non-hydrogen) atoms. The van der Waals surface area contributed by atoms with E-state index in [1.54, 1.807) is 17.0 Å². The minimum atomic E-state index is -0.800. The number of likely N-dealkylation sites (tertiary alicyclic amines) is 1. The fourth-order valence-electron chi connectivity index (χ4n) is 6.64. The summed E-state index contributed by atoms with van der Waals surface area (Å²) in [5.41, 5.74) is 0.752. The first-order valence-corrected chi connectivity index (χ1v) is 14.1. The molecule has 1 saturated carbocycles. The predicted molar refractivity (Wildman–Crippen MR) is 145 cm³/mol. The number of amides is 3. The van der Waals surface area contributed by atoms with Crippen LogP contribution in [-0.2, 0) is 9.59 Å². The number of fused-ring (bicyclic) bond motifs is 1. The zero-order valence-corrected chi connectivity index (χ0v) is 22.9. The second kappa shape index (κ2) is 10.3. The summed E-state index contributed by atoms with van der Waals surface area (Å²) in [6, 6.07) is 8.00. The summed E-state index contributed by atoms with van der Waals surface area (Å²) in [6.07, 6.45) is 7.66. The number of halogens is 1. The van der Waals surface area contributed by atoms with E-state index in [1.807, 2.05) is 26.0 Å². The van der Waals surface area contributed by atoms with Crippen molar-refractivity contribution >= 4 is 40.2 Å². The number of aromatic amines is 1. The minimum Gasteiger partial charge on any atom is -0.351 e. The number of hydrogen-bond acceptors (Lipinski definition) is 4. The summed E-state index contributed by atoms with van der Waals surface area (Å²) < 4.78 is 0. The average molecular weight is 538 g/mol. The van der Waals surface area contributed by atoms with E-state index in [9.17, 15) is 19.6 Å². The molecule has 0 radical (unpaired) electrons. The quantitative estimate of drug-likeness (QED) is 0.512. The van der Waals surface area contributed by atoms with E-state index < -0.39 is 12.1 Å². The van der Waals surface area contributed by atoms with Crippen molar-refractivity contribution in [3.05, 3.63) is 35.0 Å². The summed E-state index contributed by atoms with van der Waals surface area (Å²) in [6.45, 7) is 4.49. The molecule has 3 fully saturated rings. The number of aromatic nitrogens is 1. The number of hydrogen-bond donors (Lipinski definition) is 3. The molecule has 3 aliphatic rings. The Balaban J connectivity index is 1.35. The van der Waals surface area contributed by atoms with Crippen molar-refractivity contribution in [2.24, 2.45) is 11.3 Å². The second-order valence-electron chi connectivity index (χ2n) is 12.1. The molecule has 3 atom stereocenters. The highest BCUT2D eigenvalue weighted by Crippen LogP contribution is 2.47. The van der Waals surface area contributed by atoms with Crippen LogP contribution in [-0.4, -0.2) is 51.8 Å². The van der Waals surface area contributed by atoms with Crippen LogP contribution in [0.25, 0.3) is 10.9 Å². The number of H-pyrrole nitrogens is 1. The molecule has 9 heteroatoms. The summed E-state index contributed by atoms with van der Waals surface area (Å²) in [4.78, 5) is 44.9. The van der Waals surface area contributed by atoms with E-state index in [0.29, 0.717) is 35.6 Å². The van der Waals surface area contributed by atoms with Gasteiger partial charge in [-0.25, -0.2) is 0 Å². The van der Waals surface area contributed by atoms with Gasteiger partial charge in [-0.15, -0.1) is 0 Å². The van der Waals surface area contributed by atoms with Crippen LogP contribution >= 0.6 is 11.6 Å². The number of carbonyl (C=O) groups is 3. The first-order chi connectivity index (χ1) is 18.1. The zero-order valence-electron chi connectivity index (χ0n) is 22.1. The van der Waals surface area contributed by atoms with E-state index in [2.05, 4.69) is 21.7 Å². The van der Waals surface area contributed by atoms with Gasteiger partial charge in [0.2, 0.25) is 11.8 Å². The van der Waals surface area contributed by atoms with Crippen LogP contribution < -0.4 is 10.6 Å². The number of nitrogens with one attached hydrogen (secondary N) is 3. The number of nitrogens with zero attached hydrogens (tertiary/aromatic N) is 2. The molecular weight excluding hydrogens is 502 g/mol. The van der Waals surface area contributed by atoms with Crippen molar-refractivity contribution in [3.8, 4) is 6.07 Å². The molecule has 1 aromatic carbocycles. The van der Waals surface area contributed by atoms with E-state index >= 15 is 0 Å². The Labute approximate surface area is 228 Å². The monoisotopic (exact) mass is 537 g/mol. The summed E-state index contributed by atoms with van der Waals surface area (Å²) in [5.74, 6) is -0.956. The van der Waals surface area contributed by atoms with Gasteiger partial charge in [0, 0.05) is 23.4 Å². The van der Waals surface area contributed by atoms with Gasteiger partial charge in [0.1, 0.15) is 17.8 Å². The van der Waals surface area contributed by atoms with Crippen molar-refractivity contribution in [2.75, 3.05) is 6.54 Å². The molecule has 5 rings (SSSR count). The van der Waals surface area contributed by atoms with Gasteiger partial charge in [0.15, 0.2) is 0 Å². The lowest BCUT2D eigenvalue weighted by Gasteiger charge is -2.35. The van der Waals surface area contributed by atoms with Gasteiger partial charge in [-0.3, -0.25) is 14.4 Å². The molecule has 1 aliphatic carbocycles. The Morgan fingerprint density at radius 3 is 2.68 bits per heavy atom. The third kappa shape index (κ3) is 5.26. The lowest BCUT2D eigenvalue weighted by atomic mass is 9.72. The first-order valence-electron chi connectivity index (χ1n) is 13.7. The predicted octanol–water partition coefficient (Wildman–Crippen LogP) is 4.69. The van der Waals surface area contributed by atoms with E-state index in [4.69, 9.17) is 11.6 Å². The highest BCUT2D eigenvalue weighted by Gasteiger charge is 2.49. The molecule has 3 heterocycles. The Morgan fingerprint density at radius 1 is 1.24 bits per heavy atom. The maximum Gasteiger partial charge on any atom is 0.271 e. The highest BCUT2D eigenvalue weighted by atomic mass is 35.5. The molecule has 3 amide bonds. The largest absolute Gasteiger partial charge is 0.351 e. The Morgan fingerprint density at radius 2 is 2.00 bits per heavy atom. The highest BCUT2D eigenvalue weighted by molar-refractivity contribution is 6.35. The smallest absolute Gasteiger partial charge is 0.271 e. The van der Waals surface area contributed by atoms with Crippen LogP contribution in [0.1, 0.15) is 82.1 Å². The molecule has 1 spiro atoms. The van der Waals surface area contributed by atoms with Crippen LogP contribution in [0.2, 0.25) is 5.02 Å². The van der Waals surface area contributed by atoms with Crippen molar-refractivity contribution in [1.82, 2.24) is 20.5 Å². The van der Waals surface area contributed by atoms with Crippen LogP contribution in [0, 0.1) is 22.7 Å². The van der Waals surface area contributed by atoms with Crippen molar-refractivity contribution in [3.63, 3.8) is 0 Å².